The minimum Gasteiger partial charge on any atom is -0.494 e. The Morgan fingerprint density at radius 1 is 0.634 bits per heavy atom. The van der Waals surface area contributed by atoms with E-state index in [9.17, 15) is 9.59 Å². The molecule has 6 nitrogen and oxygen atoms in total. The number of hydrogen-bond acceptors (Lipinski definition) is 6. The summed E-state index contributed by atoms with van der Waals surface area (Å²) < 4.78 is 22.0. The number of ether oxygens (including phenoxy) is 4. The third kappa shape index (κ3) is 11.4. The van der Waals surface area contributed by atoms with E-state index < -0.39 is 11.9 Å². The summed E-state index contributed by atoms with van der Waals surface area (Å²) in [6, 6.07) is 21.6. The predicted octanol–water partition coefficient (Wildman–Crippen LogP) is 8.67. The summed E-state index contributed by atoms with van der Waals surface area (Å²) in [5, 5.41) is 0. The zero-order valence-electron chi connectivity index (χ0n) is 24.7. The Bertz CT molecular complexity index is 1170. The molecule has 0 bridgehead atoms. The van der Waals surface area contributed by atoms with Gasteiger partial charge in [-0.05, 0) is 79.9 Å². The number of hydrogen-bond donors (Lipinski definition) is 0. The average Bonchev–Trinajstić information content (AvgIpc) is 3.00. The van der Waals surface area contributed by atoms with Gasteiger partial charge in [-0.15, -0.1) is 0 Å². The maximum atomic E-state index is 12.7. The van der Waals surface area contributed by atoms with Crippen LogP contribution in [0.15, 0.2) is 72.8 Å². The first-order valence-electron chi connectivity index (χ1n) is 14.9. The van der Waals surface area contributed by atoms with Crippen molar-refractivity contribution in [3.05, 3.63) is 83.9 Å². The molecule has 3 aromatic carbocycles. The van der Waals surface area contributed by atoms with E-state index in [1.807, 2.05) is 43.3 Å². The van der Waals surface area contributed by atoms with E-state index in [-0.39, 0.29) is 6.10 Å². The molecule has 0 spiro atoms. The summed E-state index contributed by atoms with van der Waals surface area (Å²) >= 11 is 0. The lowest BCUT2D eigenvalue weighted by molar-refractivity contribution is 0.00439. The predicted molar refractivity (Wildman–Crippen MR) is 163 cm³/mol. The van der Waals surface area contributed by atoms with Gasteiger partial charge in [0.15, 0.2) is 0 Å². The van der Waals surface area contributed by atoms with Crippen LogP contribution in [-0.4, -0.2) is 37.9 Å². The molecule has 0 aliphatic rings. The van der Waals surface area contributed by atoms with E-state index in [2.05, 4.69) is 6.92 Å². The molecule has 6 heteroatoms. The standard InChI is InChI=1S/C35H44O6/c1-4-6-7-8-9-10-11-12-25-39-32-21-17-29(18-22-32)28-13-15-30(16-14-28)35(37)41-33-23-19-31(20-24-33)34(36)40-27(3)26-38-5-2/h13-24,27H,4-12,25-26H2,1-3H3/t27-/m0/s1. The third-order valence-corrected chi connectivity index (χ3v) is 6.74. The summed E-state index contributed by atoms with van der Waals surface area (Å²) in [5.41, 5.74) is 2.86. The minimum absolute atomic E-state index is 0.343. The lowest BCUT2D eigenvalue weighted by Gasteiger charge is -2.13. The van der Waals surface area contributed by atoms with Crippen molar-refractivity contribution in [3.63, 3.8) is 0 Å². The van der Waals surface area contributed by atoms with Crippen LogP contribution in [0, 0.1) is 0 Å². The summed E-state index contributed by atoms with van der Waals surface area (Å²) in [5.74, 6) is 0.299. The molecule has 220 valence electrons. The highest BCUT2D eigenvalue weighted by Gasteiger charge is 2.14. The highest BCUT2D eigenvalue weighted by atomic mass is 16.6. The molecule has 0 fully saturated rings. The number of benzene rings is 3. The quantitative estimate of drug-likeness (QED) is 0.0880. The Balaban J connectivity index is 1.42. The largest absolute Gasteiger partial charge is 0.494 e. The van der Waals surface area contributed by atoms with Gasteiger partial charge in [-0.3, -0.25) is 0 Å². The molecule has 1 atom stereocenters. The maximum Gasteiger partial charge on any atom is 0.343 e. The van der Waals surface area contributed by atoms with Crippen LogP contribution >= 0.6 is 0 Å². The van der Waals surface area contributed by atoms with Gasteiger partial charge in [0.05, 0.1) is 24.3 Å². The van der Waals surface area contributed by atoms with Crippen molar-refractivity contribution in [1.29, 1.82) is 0 Å². The zero-order valence-corrected chi connectivity index (χ0v) is 24.7. The lowest BCUT2D eigenvalue weighted by atomic mass is 10.0. The normalized spacial score (nSPS) is 11.6. The van der Waals surface area contributed by atoms with Crippen LogP contribution in [0.1, 0.15) is 92.9 Å². The molecule has 3 rings (SSSR count). The number of esters is 2. The molecule has 41 heavy (non-hydrogen) atoms. The Hall–Kier alpha value is -3.64. The van der Waals surface area contributed by atoms with Crippen LogP contribution in [0.3, 0.4) is 0 Å². The van der Waals surface area contributed by atoms with Crippen LogP contribution in [0.4, 0.5) is 0 Å². The van der Waals surface area contributed by atoms with Crippen molar-refractivity contribution in [2.24, 2.45) is 0 Å². The summed E-state index contributed by atoms with van der Waals surface area (Å²) in [7, 11) is 0. The first-order valence-corrected chi connectivity index (χ1v) is 14.9. The first-order chi connectivity index (χ1) is 20.0. The molecular weight excluding hydrogens is 516 g/mol. The second kappa shape index (κ2) is 17.9. The second-order valence-corrected chi connectivity index (χ2v) is 10.2. The number of rotatable bonds is 18. The van der Waals surface area contributed by atoms with E-state index in [0.717, 1.165) is 29.9 Å². The SMILES string of the molecule is CCCCCCCCCCOc1ccc(-c2ccc(C(=O)Oc3ccc(C(=O)O[C@@H](C)COCC)cc3)cc2)cc1. The fourth-order valence-corrected chi connectivity index (χ4v) is 4.36. The van der Waals surface area contributed by atoms with Crippen molar-refractivity contribution in [2.75, 3.05) is 19.8 Å². The van der Waals surface area contributed by atoms with Gasteiger partial charge in [0.2, 0.25) is 0 Å². The lowest BCUT2D eigenvalue weighted by Crippen LogP contribution is -2.20. The van der Waals surface area contributed by atoms with Crippen molar-refractivity contribution in [2.45, 2.75) is 78.2 Å². The van der Waals surface area contributed by atoms with E-state index >= 15 is 0 Å². The second-order valence-electron chi connectivity index (χ2n) is 10.2. The molecule has 3 aromatic rings. The van der Waals surface area contributed by atoms with Gasteiger partial charge in [-0.1, -0.05) is 76.1 Å². The van der Waals surface area contributed by atoms with E-state index in [4.69, 9.17) is 18.9 Å². The number of carbonyl (C=O) groups is 2. The van der Waals surface area contributed by atoms with Gasteiger partial charge >= 0.3 is 11.9 Å². The number of unbranched alkanes of at least 4 members (excludes halogenated alkanes) is 7. The van der Waals surface area contributed by atoms with Gasteiger partial charge < -0.3 is 18.9 Å². The molecule has 0 aromatic heterocycles. The van der Waals surface area contributed by atoms with Gasteiger partial charge in [-0.25, -0.2) is 9.59 Å². The Kier molecular flexibility index (Phi) is 13.9. The van der Waals surface area contributed by atoms with E-state index in [1.165, 1.54) is 44.9 Å². The van der Waals surface area contributed by atoms with Gasteiger partial charge in [0, 0.05) is 6.61 Å². The molecule has 0 unspecified atom stereocenters. The Morgan fingerprint density at radius 2 is 1.15 bits per heavy atom. The third-order valence-electron chi connectivity index (χ3n) is 6.74. The van der Waals surface area contributed by atoms with Gasteiger partial charge in [-0.2, -0.15) is 0 Å². The molecule has 0 N–H and O–H groups in total. The monoisotopic (exact) mass is 560 g/mol. The maximum absolute atomic E-state index is 12.7. The Morgan fingerprint density at radius 3 is 1.76 bits per heavy atom. The fraction of sp³-hybridized carbons (Fsp3) is 0.429. The van der Waals surface area contributed by atoms with Crippen LogP contribution in [-0.2, 0) is 9.47 Å². The average molecular weight is 561 g/mol. The summed E-state index contributed by atoms with van der Waals surface area (Å²) in [6.45, 7) is 7.56. The molecule has 0 amide bonds. The van der Waals surface area contributed by atoms with E-state index in [0.29, 0.717) is 30.1 Å². The molecule has 0 aliphatic heterocycles. The molecular formula is C35H44O6. The first kappa shape index (κ1) is 31.9. The van der Waals surface area contributed by atoms with Crippen molar-refractivity contribution >= 4 is 11.9 Å². The van der Waals surface area contributed by atoms with E-state index in [1.54, 1.807) is 43.3 Å². The number of carbonyl (C=O) groups excluding carboxylic acids is 2. The molecule has 0 saturated carbocycles. The highest BCUT2D eigenvalue weighted by Crippen LogP contribution is 2.24. The fourth-order valence-electron chi connectivity index (χ4n) is 4.36. The van der Waals surface area contributed by atoms with Crippen LogP contribution in [0.5, 0.6) is 11.5 Å². The smallest absolute Gasteiger partial charge is 0.343 e. The van der Waals surface area contributed by atoms with Gasteiger partial charge in [0.1, 0.15) is 17.6 Å². The molecule has 0 aliphatic carbocycles. The van der Waals surface area contributed by atoms with Crippen molar-refractivity contribution in [1.82, 2.24) is 0 Å². The molecule has 0 heterocycles. The van der Waals surface area contributed by atoms with Gasteiger partial charge in [0.25, 0.3) is 0 Å². The minimum atomic E-state index is -0.470. The van der Waals surface area contributed by atoms with Crippen molar-refractivity contribution < 1.29 is 28.5 Å². The van der Waals surface area contributed by atoms with Crippen LogP contribution < -0.4 is 9.47 Å². The molecule has 0 saturated heterocycles. The summed E-state index contributed by atoms with van der Waals surface area (Å²) in [4.78, 5) is 24.9. The highest BCUT2D eigenvalue weighted by molar-refractivity contribution is 5.92. The van der Waals surface area contributed by atoms with Crippen LogP contribution in [0.25, 0.3) is 11.1 Å². The van der Waals surface area contributed by atoms with Crippen molar-refractivity contribution in [3.8, 4) is 22.6 Å². The topological polar surface area (TPSA) is 71.1 Å². The molecule has 0 radical (unpaired) electrons. The van der Waals surface area contributed by atoms with Crippen LogP contribution in [0.2, 0.25) is 0 Å². The Labute approximate surface area is 245 Å². The zero-order chi connectivity index (χ0) is 29.3. The summed E-state index contributed by atoms with van der Waals surface area (Å²) in [6.07, 6.45) is 9.91.